The van der Waals surface area contributed by atoms with Crippen LogP contribution in [0.25, 0.3) is 11.0 Å². The average Bonchev–Trinajstić information content (AvgIpc) is 3.04. The number of halogens is 1. The summed E-state index contributed by atoms with van der Waals surface area (Å²) in [6.45, 7) is 4.98. The summed E-state index contributed by atoms with van der Waals surface area (Å²) in [5.41, 5.74) is 6.93. The number of rotatable bonds is 4. The van der Waals surface area contributed by atoms with Gasteiger partial charge in [-0.3, -0.25) is 5.43 Å². The van der Waals surface area contributed by atoms with Crippen molar-refractivity contribution < 1.29 is 4.74 Å². The molecule has 2 aromatic heterocycles. The lowest BCUT2D eigenvalue weighted by Gasteiger charge is -2.27. The van der Waals surface area contributed by atoms with Gasteiger partial charge < -0.3 is 14.6 Å². The molecule has 0 atom stereocenters. The van der Waals surface area contributed by atoms with Crippen LogP contribution in [-0.4, -0.2) is 47.5 Å². The van der Waals surface area contributed by atoms with Crippen LogP contribution in [-0.2, 0) is 4.74 Å². The fraction of sp³-hybridized carbons (Fsp3) is 0.278. The van der Waals surface area contributed by atoms with Gasteiger partial charge in [0.25, 0.3) is 0 Å². The monoisotopic (exact) mass is 414 g/mol. The molecule has 0 spiro atoms. The van der Waals surface area contributed by atoms with E-state index in [1.165, 1.54) is 5.56 Å². The first kappa shape index (κ1) is 17.0. The third kappa shape index (κ3) is 3.56. The summed E-state index contributed by atoms with van der Waals surface area (Å²) in [5.74, 6) is 1.32. The van der Waals surface area contributed by atoms with Gasteiger partial charge in [0.05, 0.1) is 23.9 Å². The van der Waals surface area contributed by atoms with Crippen molar-refractivity contribution in [2.75, 3.05) is 36.6 Å². The van der Waals surface area contributed by atoms with E-state index in [0.29, 0.717) is 25.0 Å². The van der Waals surface area contributed by atoms with E-state index in [9.17, 15) is 0 Å². The minimum Gasteiger partial charge on any atom is -0.378 e. The maximum atomic E-state index is 5.42. The minimum atomic E-state index is 0.645. The number of aromatic nitrogens is 3. The molecule has 0 amide bonds. The number of ether oxygens (including phenoxy) is 1. The van der Waals surface area contributed by atoms with E-state index in [4.69, 9.17) is 4.74 Å². The predicted octanol–water partition coefficient (Wildman–Crippen LogP) is 3.31. The highest BCUT2D eigenvalue weighted by molar-refractivity contribution is 9.10. The van der Waals surface area contributed by atoms with Crippen LogP contribution in [0.4, 0.5) is 11.8 Å². The largest absolute Gasteiger partial charge is 0.378 e. The Labute approximate surface area is 159 Å². The maximum absolute atomic E-state index is 5.42. The number of hydrazone groups is 1. The van der Waals surface area contributed by atoms with E-state index in [0.717, 1.165) is 34.2 Å². The third-order valence-corrected chi connectivity index (χ3v) is 4.79. The number of nitrogens with zero attached hydrogens (tertiary/aromatic N) is 4. The topological polar surface area (TPSA) is 78.4 Å². The Hall–Kier alpha value is -2.45. The molecule has 1 aliphatic rings. The van der Waals surface area contributed by atoms with Gasteiger partial charge in [0.2, 0.25) is 5.95 Å². The van der Waals surface area contributed by atoms with Crippen molar-refractivity contribution in [3.8, 4) is 0 Å². The van der Waals surface area contributed by atoms with Gasteiger partial charge in [-0.05, 0) is 28.4 Å². The van der Waals surface area contributed by atoms with Gasteiger partial charge in [-0.25, -0.2) is 4.98 Å². The molecule has 1 aliphatic heterocycles. The molecule has 0 bridgehead atoms. The molecule has 3 heterocycles. The number of hydrogen-bond acceptors (Lipinski definition) is 6. The zero-order valence-electron chi connectivity index (χ0n) is 14.4. The highest BCUT2D eigenvalue weighted by Gasteiger charge is 2.18. The van der Waals surface area contributed by atoms with Crippen LogP contribution in [0.1, 0.15) is 11.1 Å². The van der Waals surface area contributed by atoms with Crippen LogP contribution in [0.5, 0.6) is 0 Å². The van der Waals surface area contributed by atoms with Crippen LogP contribution in [0.2, 0.25) is 0 Å². The molecule has 0 saturated carbocycles. The lowest BCUT2D eigenvalue weighted by molar-refractivity contribution is 0.122. The van der Waals surface area contributed by atoms with Crippen LogP contribution in [0.3, 0.4) is 0 Å². The Balaban J connectivity index is 1.64. The highest BCUT2D eigenvalue weighted by Crippen LogP contribution is 2.28. The SMILES string of the molecule is Cc1cccc(C=NNc2nc(N3CCOCC3)nc3c(Br)c[nH]c23)c1. The summed E-state index contributed by atoms with van der Waals surface area (Å²) in [5, 5.41) is 4.35. The minimum absolute atomic E-state index is 0.645. The van der Waals surface area contributed by atoms with Crippen molar-refractivity contribution in [1.29, 1.82) is 0 Å². The molecule has 3 aromatic rings. The van der Waals surface area contributed by atoms with Crippen molar-refractivity contribution in [2.45, 2.75) is 6.92 Å². The van der Waals surface area contributed by atoms with E-state index in [2.05, 4.69) is 65.4 Å². The number of fused-ring (bicyclic) bond motifs is 1. The molecule has 7 nitrogen and oxygen atoms in total. The molecule has 26 heavy (non-hydrogen) atoms. The molecular formula is C18H19BrN6O. The van der Waals surface area contributed by atoms with E-state index >= 15 is 0 Å². The predicted molar refractivity (Wildman–Crippen MR) is 107 cm³/mol. The fourth-order valence-corrected chi connectivity index (χ4v) is 3.27. The summed E-state index contributed by atoms with van der Waals surface area (Å²) in [4.78, 5) is 14.7. The lowest BCUT2D eigenvalue weighted by atomic mass is 10.2. The molecule has 8 heteroatoms. The Bertz CT molecular complexity index is 948. The summed E-state index contributed by atoms with van der Waals surface area (Å²) < 4.78 is 6.32. The number of H-pyrrole nitrogens is 1. The first-order valence-corrected chi connectivity index (χ1v) is 9.23. The summed E-state index contributed by atoms with van der Waals surface area (Å²) >= 11 is 3.54. The molecule has 1 saturated heterocycles. The summed E-state index contributed by atoms with van der Waals surface area (Å²) in [7, 11) is 0. The van der Waals surface area contributed by atoms with Gasteiger partial charge >= 0.3 is 0 Å². The second-order valence-corrected chi connectivity index (χ2v) is 6.97. The summed E-state index contributed by atoms with van der Waals surface area (Å²) in [6, 6.07) is 8.16. The molecule has 1 fully saturated rings. The van der Waals surface area contributed by atoms with Crippen LogP contribution >= 0.6 is 15.9 Å². The third-order valence-electron chi connectivity index (χ3n) is 4.19. The second kappa shape index (κ2) is 7.43. The zero-order chi connectivity index (χ0) is 17.9. The molecule has 0 aliphatic carbocycles. The number of nitrogens with one attached hydrogen (secondary N) is 2. The second-order valence-electron chi connectivity index (χ2n) is 6.12. The molecular weight excluding hydrogens is 396 g/mol. The Morgan fingerprint density at radius 1 is 1.31 bits per heavy atom. The normalized spacial score (nSPS) is 15.1. The van der Waals surface area contributed by atoms with E-state index in [-0.39, 0.29) is 0 Å². The zero-order valence-corrected chi connectivity index (χ0v) is 16.0. The van der Waals surface area contributed by atoms with Crippen molar-refractivity contribution in [1.82, 2.24) is 15.0 Å². The van der Waals surface area contributed by atoms with Crippen molar-refractivity contribution in [3.05, 3.63) is 46.1 Å². The van der Waals surface area contributed by atoms with Gasteiger partial charge in [-0.15, -0.1) is 0 Å². The standard InChI is InChI=1S/C18H19BrN6O/c1-12-3-2-4-13(9-12)10-21-24-17-16-15(14(19)11-20-16)22-18(23-17)25-5-7-26-8-6-25/h2-4,9-11,20H,5-8H2,1H3,(H,22,23,24). The van der Waals surface area contributed by atoms with Crippen molar-refractivity contribution in [3.63, 3.8) is 0 Å². The Kier molecular flexibility index (Phi) is 4.85. The summed E-state index contributed by atoms with van der Waals surface area (Å²) in [6.07, 6.45) is 3.64. The number of anilines is 2. The van der Waals surface area contributed by atoms with Crippen LogP contribution in [0.15, 0.2) is 40.0 Å². The Morgan fingerprint density at radius 3 is 2.96 bits per heavy atom. The van der Waals surface area contributed by atoms with Gasteiger partial charge in [-0.1, -0.05) is 29.8 Å². The molecule has 4 rings (SSSR count). The number of aryl methyl sites for hydroxylation is 1. The molecule has 0 unspecified atom stereocenters. The van der Waals surface area contributed by atoms with Gasteiger partial charge in [-0.2, -0.15) is 10.1 Å². The number of morpholine rings is 1. The smallest absolute Gasteiger partial charge is 0.228 e. The first-order chi connectivity index (χ1) is 12.7. The average molecular weight is 415 g/mol. The molecule has 1 aromatic carbocycles. The lowest BCUT2D eigenvalue weighted by Crippen LogP contribution is -2.37. The van der Waals surface area contributed by atoms with Gasteiger partial charge in [0.15, 0.2) is 5.82 Å². The number of aromatic amines is 1. The van der Waals surface area contributed by atoms with Crippen molar-refractivity contribution >= 4 is 44.9 Å². The van der Waals surface area contributed by atoms with Crippen LogP contribution in [0, 0.1) is 6.92 Å². The molecule has 134 valence electrons. The quantitative estimate of drug-likeness (QED) is 0.505. The van der Waals surface area contributed by atoms with E-state index < -0.39 is 0 Å². The number of benzene rings is 1. The van der Waals surface area contributed by atoms with E-state index in [1.54, 1.807) is 6.21 Å². The fourth-order valence-electron chi connectivity index (χ4n) is 2.87. The Morgan fingerprint density at radius 2 is 2.15 bits per heavy atom. The van der Waals surface area contributed by atoms with E-state index in [1.807, 2.05) is 18.3 Å². The van der Waals surface area contributed by atoms with Gasteiger partial charge in [0.1, 0.15) is 11.0 Å². The number of hydrogen-bond donors (Lipinski definition) is 2. The molecule has 2 N–H and O–H groups in total. The van der Waals surface area contributed by atoms with Crippen LogP contribution < -0.4 is 10.3 Å². The highest BCUT2D eigenvalue weighted by atomic mass is 79.9. The maximum Gasteiger partial charge on any atom is 0.228 e. The van der Waals surface area contributed by atoms with Crippen molar-refractivity contribution in [2.24, 2.45) is 5.10 Å². The molecule has 0 radical (unpaired) electrons. The first-order valence-electron chi connectivity index (χ1n) is 8.44. The van der Waals surface area contributed by atoms with Gasteiger partial charge in [0, 0.05) is 19.3 Å².